The van der Waals surface area contributed by atoms with Crippen molar-refractivity contribution in [2.45, 2.75) is 12.3 Å². The number of hydrogen-bond donors (Lipinski definition) is 1. The van der Waals surface area contributed by atoms with Gasteiger partial charge in [0.05, 0.1) is 6.42 Å². The maximum atomic E-state index is 11.9. The smallest absolute Gasteiger partial charge is 0.228 e. The first-order chi connectivity index (χ1) is 9.17. The minimum atomic E-state index is -0.0686. The number of rotatable bonds is 4. The molecule has 0 aromatic heterocycles. The Morgan fingerprint density at radius 3 is 2.42 bits per heavy atom. The van der Waals surface area contributed by atoms with Gasteiger partial charge in [0, 0.05) is 16.6 Å². The third-order valence-electron chi connectivity index (χ3n) is 2.65. The summed E-state index contributed by atoms with van der Waals surface area (Å²) in [5.74, 6) is 0.400. The lowest BCUT2D eigenvalue weighted by atomic mass is 10.1. The second kappa shape index (κ2) is 6.60. The van der Waals surface area contributed by atoms with Gasteiger partial charge in [0.25, 0.3) is 0 Å². The minimum absolute atomic E-state index is 0.0686. The molecule has 0 bridgehead atoms. The zero-order valence-corrected chi connectivity index (χ0v) is 11.7. The van der Waals surface area contributed by atoms with Crippen LogP contribution in [-0.2, 0) is 17.1 Å². The van der Waals surface area contributed by atoms with Crippen molar-refractivity contribution in [2.75, 3.05) is 5.32 Å². The highest BCUT2D eigenvalue weighted by Gasteiger charge is 2.04. The lowest BCUT2D eigenvalue weighted by molar-refractivity contribution is -0.115. The number of carbonyl (C=O) groups is 1. The SMILES string of the molecule is O=C(Cc1cccc(Cl)c1)Nc1ccc(CCl)cc1. The van der Waals surface area contributed by atoms with Crippen LogP contribution in [0.15, 0.2) is 48.5 Å². The standard InChI is InChI=1S/C15H13Cl2NO/c16-10-11-4-6-14(7-5-11)18-15(19)9-12-2-1-3-13(17)8-12/h1-8H,9-10H2,(H,18,19). The van der Waals surface area contributed by atoms with E-state index in [0.717, 1.165) is 16.8 Å². The van der Waals surface area contributed by atoms with Gasteiger partial charge in [0.2, 0.25) is 5.91 Å². The van der Waals surface area contributed by atoms with Gasteiger partial charge in [0.15, 0.2) is 0 Å². The van der Waals surface area contributed by atoms with Crippen LogP contribution in [0.25, 0.3) is 0 Å². The fourth-order valence-corrected chi connectivity index (χ4v) is 2.11. The van der Waals surface area contributed by atoms with Gasteiger partial charge in [-0.25, -0.2) is 0 Å². The van der Waals surface area contributed by atoms with Crippen LogP contribution in [0.4, 0.5) is 5.69 Å². The molecule has 0 saturated heterocycles. The Kier molecular flexibility index (Phi) is 4.83. The Bertz CT molecular complexity index is 567. The summed E-state index contributed by atoms with van der Waals surface area (Å²) in [5, 5.41) is 3.47. The molecule has 0 heterocycles. The van der Waals surface area contributed by atoms with Crippen molar-refractivity contribution in [2.24, 2.45) is 0 Å². The summed E-state index contributed by atoms with van der Waals surface area (Å²) in [7, 11) is 0. The highest BCUT2D eigenvalue weighted by molar-refractivity contribution is 6.30. The van der Waals surface area contributed by atoms with Crippen LogP contribution in [0.1, 0.15) is 11.1 Å². The predicted octanol–water partition coefficient (Wildman–Crippen LogP) is 4.26. The Balaban J connectivity index is 1.97. The Morgan fingerprint density at radius 1 is 1.05 bits per heavy atom. The molecule has 4 heteroatoms. The van der Waals surface area contributed by atoms with E-state index in [4.69, 9.17) is 23.2 Å². The number of benzene rings is 2. The molecule has 0 unspecified atom stereocenters. The second-order valence-corrected chi connectivity index (χ2v) is 4.89. The second-order valence-electron chi connectivity index (χ2n) is 4.19. The van der Waals surface area contributed by atoms with Crippen molar-refractivity contribution in [3.05, 3.63) is 64.7 Å². The van der Waals surface area contributed by atoms with Gasteiger partial charge in [-0.1, -0.05) is 35.9 Å². The zero-order valence-electron chi connectivity index (χ0n) is 10.2. The van der Waals surface area contributed by atoms with Gasteiger partial charge in [-0.15, -0.1) is 11.6 Å². The van der Waals surface area contributed by atoms with Gasteiger partial charge < -0.3 is 5.32 Å². The number of hydrogen-bond acceptors (Lipinski definition) is 1. The fraction of sp³-hybridized carbons (Fsp3) is 0.133. The van der Waals surface area contributed by atoms with E-state index < -0.39 is 0 Å². The summed E-state index contributed by atoms with van der Waals surface area (Å²) in [5.41, 5.74) is 2.68. The number of amides is 1. The average Bonchev–Trinajstić information content (AvgIpc) is 2.39. The maximum absolute atomic E-state index is 11.9. The van der Waals surface area contributed by atoms with E-state index in [2.05, 4.69) is 5.32 Å². The molecule has 0 atom stereocenters. The molecule has 98 valence electrons. The summed E-state index contributed by atoms with van der Waals surface area (Å²) in [6.45, 7) is 0. The van der Waals surface area contributed by atoms with Gasteiger partial charge in [0.1, 0.15) is 0 Å². The van der Waals surface area contributed by atoms with Gasteiger partial charge in [-0.2, -0.15) is 0 Å². The highest BCUT2D eigenvalue weighted by Crippen LogP contribution is 2.14. The van der Waals surface area contributed by atoms with E-state index in [0.29, 0.717) is 17.3 Å². The number of halogens is 2. The molecule has 0 aliphatic rings. The molecule has 2 aromatic carbocycles. The third-order valence-corrected chi connectivity index (χ3v) is 3.19. The first kappa shape index (κ1) is 13.9. The average molecular weight is 294 g/mol. The molecular weight excluding hydrogens is 281 g/mol. The van der Waals surface area contributed by atoms with Crippen LogP contribution in [-0.4, -0.2) is 5.91 Å². The van der Waals surface area contributed by atoms with E-state index in [-0.39, 0.29) is 5.91 Å². The summed E-state index contributed by atoms with van der Waals surface area (Å²) < 4.78 is 0. The van der Waals surface area contributed by atoms with Crippen LogP contribution in [0.3, 0.4) is 0 Å². The summed E-state index contributed by atoms with van der Waals surface area (Å²) >= 11 is 11.6. The zero-order chi connectivity index (χ0) is 13.7. The molecule has 0 radical (unpaired) electrons. The van der Waals surface area contributed by atoms with E-state index in [1.54, 1.807) is 12.1 Å². The monoisotopic (exact) mass is 293 g/mol. The van der Waals surface area contributed by atoms with Crippen molar-refractivity contribution in [1.29, 1.82) is 0 Å². The van der Waals surface area contributed by atoms with Crippen molar-refractivity contribution < 1.29 is 4.79 Å². The predicted molar refractivity (Wildman–Crippen MR) is 79.8 cm³/mol. The molecular formula is C15H13Cl2NO. The van der Waals surface area contributed by atoms with Crippen LogP contribution < -0.4 is 5.32 Å². The van der Waals surface area contributed by atoms with E-state index in [1.807, 2.05) is 36.4 Å². The lowest BCUT2D eigenvalue weighted by Crippen LogP contribution is -2.14. The summed E-state index contributed by atoms with van der Waals surface area (Å²) in [6.07, 6.45) is 0.303. The van der Waals surface area contributed by atoms with Crippen molar-refractivity contribution in [3.8, 4) is 0 Å². The maximum Gasteiger partial charge on any atom is 0.228 e. The highest BCUT2D eigenvalue weighted by atomic mass is 35.5. The van der Waals surface area contributed by atoms with Crippen molar-refractivity contribution in [3.63, 3.8) is 0 Å². The third kappa shape index (κ3) is 4.27. The quantitative estimate of drug-likeness (QED) is 0.839. The topological polar surface area (TPSA) is 29.1 Å². The fourth-order valence-electron chi connectivity index (χ4n) is 1.71. The van der Waals surface area contributed by atoms with Crippen LogP contribution in [0.5, 0.6) is 0 Å². The molecule has 1 amide bonds. The van der Waals surface area contributed by atoms with Crippen LogP contribution >= 0.6 is 23.2 Å². The Hall–Kier alpha value is -1.51. The summed E-state index contributed by atoms with van der Waals surface area (Å²) in [4.78, 5) is 11.9. The molecule has 2 rings (SSSR count). The molecule has 2 nitrogen and oxygen atoms in total. The first-order valence-electron chi connectivity index (χ1n) is 5.86. The Labute approximate surface area is 122 Å². The normalized spacial score (nSPS) is 10.2. The minimum Gasteiger partial charge on any atom is -0.326 e. The molecule has 2 aromatic rings. The number of alkyl halides is 1. The molecule has 0 saturated carbocycles. The summed E-state index contributed by atoms with van der Waals surface area (Å²) in [6, 6.07) is 14.7. The van der Waals surface area contributed by atoms with E-state index in [1.165, 1.54) is 0 Å². The molecule has 0 spiro atoms. The van der Waals surface area contributed by atoms with Gasteiger partial charge in [-0.3, -0.25) is 4.79 Å². The van der Waals surface area contributed by atoms with Crippen LogP contribution in [0, 0.1) is 0 Å². The molecule has 19 heavy (non-hydrogen) atoms. The number of carbonyl (C=O) groups excluding carboxylic acids is 1. The molecule has 0 aliphatic carbocycles. The van der Waals surface area contributed by atoms with Gasteiger partial charge >= 0.3 is 0 Å². The van der Waals surface area contributed by atoms with Crippen molar-refractivity contribution in [1.82, 2.24) is 0 Å². The Morgan fingerprint density at radius 2 is 1.79 bits per heavy atom. The van der Waals surface area contributed by atoms with Crippen molar-refractivity contribution >= 4 is 34.8 Å². The lowest BCUT2D eigenvalue weighted by Gasteiger charge is -2.06. The van der Waals surface area contributed by atoms with E-state index >= 15 is 0 Å². The first-order valence-corrected chi connectivity index (χ1v) is 6.78. The largest absolute Gasteiger partial charge is 0.326 e. The van der Waals surface area contributed by atoms with E-state index in [9.17, 15) is 4.79 Å². The van der Waals surface area contributed by atoms with Crippen LogP contribution in [0.2, 0.25) is 5.02 Å². The molecule has 1 N–H and O–H groups in total. The number of nitrogens with one attached hydrogen (secondary N) is 1. The van der Waals surface area contributed by atoms with Gasteiger partial charge in [-0.05, 0) is 35.4 Å². The molecule has 0 fully saturated rings. The molecule has 0 aliphatic heterocycles. The number of anilines is 1.